The van der Waals surface area contributed by atoms with E-state index in [1.54, 1.807) is 17.8 Å². The number of aliphatic carboxylic acids is 1. The molecule has 0 saturated heterocycles. The van der Waals surface area contributed by atoms with E-state index < -0.39 is 5.97 Å². The minimum atomic E-state index is -0.781. The van der Waals surface area contributed by atoms with Crippen LogP contribution in [0.15, 0.2) is 120 Å². The van der Waals surface area contributed by atoms with Crippen molar-refractivity contribution in [2.45, 2.75) is 156 Å². The first-order chi connectivity index (χ1) is 30.3. The third-order valence-electron chi connectivity index (χ3n) is 10.7. The highest BCUT2D eigenvalue weighted by Gasteiger charge is 2.17. The average Bonchev–Trinajstić information content (AvgIpc) is 3.22. The summed E-state index contributed by atoms with van der Waals surface area (Å²) in [7, 11) is 5.59. The second-order valence-corrected chi connectivity index (χ2v) is 22.9. The summed E-state index contributed by atoms with van der Waals surface area (Å²) in [5.74, 6) is 0.0167. The fourth-order valence-corrected chi connectivity index (χ4v) is 6.41. The molecule has 5 aromatic rings. The van der Waals surface area contributed by atoms with Gasteiger partial charge in [-0.2, -0.15) is 0 Å². The zero-order valence-corrected chi connectivity index (χ0v) is 45.3. The van der Waals surface area contributed by atoms with E-state index in [1.807, 2.05) is 51.1 Å². The Labute approximate surface area is 405 Å². The van der Waals surface area contributed by atoms with Crippen LogP contribution in [0.1, 0.15) is 150 Å². The molecular weight excluding hydrogens is 838 g/mol. The normalized spacial score (nSPS) is 11.5. The van der Waals surface area contributed by atoms with Crippen LogP contribution in [0.5, 0.6) is 11.5 Å². The molecule has 0 aliphatic carbocycles. The Morgan fingerprint density at radius 2 is 0.939 bits per heavy atom. The first kappa shape index (κ1) is 59.3. The number of aryl methyl sites for hydroxylation is 1. The van der Waals surface area contributed by atoms with Gasteiger partial charge in [-0.05, 0) is 123 Å². The van der Waals surface area contributed by atoms with Crippen LogP contribution in [0, 0.1) is 12.7 Å². The first-order valence-corrected chi connectivity index (χ1v) is 24.3. The summed E-state index contributed by atoms with van der Waals surface area (Å²) in [5.41, 5.74) is 9.96. The monoisotopic (exact) mass is 924 g/mol. The largest absolute Gasteiger partial charge is 0.494 e. The Kier molecular flexibility index (Phi) is 23.8. The topological polar surface area (TPSA) is 59.0 Å². The van der Waals surface area contributed by atoms with Crippen LogP contribution in [0.3, 0.4) is 0 Å². The van der Waals surface area contributed by atoms with Gasteiger partial charge in [-0.15, -0.1) is 11.8 Å². The number of nitrogens with zero attached hydrogens (tertiary/aromatic N) is 1. The minimum Gasteiger partial charge on any atom is -0.494 e. The molecule has 66 heavy (non-hydrogen) atoms. The summed E-state index contributed by atoms with van der Waals surface area (Å²) in [4.78, 5) is 13.8. The maximum Gasteiger partial charge on any atom is 0.303 e. The van der Waals surface area contributed by atoms with E-state index in [0.29, 0.717) is 18.8 Å². The molecule has 364 valence electrons. The number of ether oxygens (including phenoxy) is 2. The third kappa shape index (κ3) is 23.1. The molecule has 0 amide bonds. The van der Waals surface area contributed by atoms with E-state index >= 15 is 0 Å². The van der Waals surface area contributed by atoms with Crippen LogP contribution in [0.4, 0.5) is 10.1 Å². The molecule has 1 N–H and O–H groups in total. The van der Waals surface area contributed by atoms with Gasteiger partial charge in [0.25, 0.3) is 0 Å². The van der Waals surface area contributed by atoms with Gasteiger partial charge in [0, 0.05) is 31.1 Å². The summed E-state index contributed by atoms with van der Waals surface area (Å²) in [6.07, 6.45) is 2.79. The van der Waals surface area contributed by atoms with Gasteiger partial charge in [0.1, 0.15) is 5.75 Å². The number of benzene rings is 5. The fraction of sp³-hybridized carbons (Fsp3) is 0.475. The Balaban J connectivity index is 0.000000416. The Hall–Kier alpha value is -4.75. The lowest BCUT2D eigenvalue weighted by Crippen LogP contribution is -2.12. The van der Waals surface area contributed by atoms with Gasteiger partial charge in [-0.1, -0.05) is 176 Å². The summed E-state index contributed by atoms with van der Waals surface area (Å²) in [6, 6.07) is 39.3. The van der Waals surface area contributed by atoms with Gasteiger partial charge in [-0.3, -0.25) is 4.79 Å². The van der Waals surface area contributed by atoms with Crippen LogP contribution in [-0.2, 0) is 31.9 Å². The molecule has 5 rings (SSSR count). The standard InChI is InChI=1S/C14H20O3.C12H19N.C11H15FO.C11H16S.C11H16/c1-14(2,3)11-6-8-12(9-7-11)17-10-4-5-13(15)16;1-12(2,3)10-6-8-11(9-7-10)13(4)5;1-11(2,3)8-5-6-10(13-4)9(12)7-8;1-11(2,3)9-5-7-10(12-4)8-6-9;1-9-5-7-10(8-6-9)11(2,3)4/h6-9H,4-5,10H2,1-3H3,(H,15,16);6-9H,1-5H3;5-7H,1-4H3;5-8H,1-4H3;5-8H,1-4H3. The van der Waals surface area contributed by atoms with Gasteiger partial charge in [-0.25, -0.2) is 4.39 Å². The number of hydrogen-bond donors (Lipinski definition) is 1. The van der Waals surface area contributed by atoms with Crippen molar-refractivity contribution in [2.75, 3.05) is 39.0 Å². The van der Waals surface area contributed by atoms with Crippen molar-refractivity contribution in [3.63, 3.8) is 0 Å². The molecule has 5 aromatic carbocycles. The second kappa shape index (κ2) is 26.6. The maximum atomic E-state index is 13.3. The Morgan fingerprint density at radius 1 is 0.576 bits per heavy atom. The van der Waals surface area contributed by atoms with Crippen molar-refractivity contribution in [1.29, 1.82) is 0 Å². The number of carboxylic acids is 1. The van der Waals surface area contributed by atoms with Crippen LogP contribution >= 0.6 is 11.8 Å². The molecule has 0 saturated carbocycles. The molecule has 0 fully saturated rings. The highest BCUT2D eigenvalue weighted by atomic mass is 32.2. The lowest BCUT2D eigenvalue weighted by molar-refractivity contribution is -0.137. The van der Waals surface area contributed by atoms with Crippen molar-refractivity contribution in [3.05, 3.63) is 154 Å². The van der Waals surface area contributed by atoms with E-state index in [4.69, 9.17) is 14.6 Å². The number of carboxylic acid groups (broad SMARTS) is 1. The molecule has 0 aliphatic rings. The van der Waals surface area contributed by atoms with E-state index in [9.17, 15) is 9.18 Å². The third-order valence-corrected chi connectivity index (χ3v) is 11.4. The van der Waals surface area contributed by atoms with Crippen LogP contribution in [0.25, 0.3) is 0 Å². The van der Waals surface area contributed by atoms with Crippen LogP contribution in [0.2, 0.25) is 0 Å². The van der Waals surface area contributed by atoms with E-state index in [2.05, 4.69) is 188 Å². The van der Waals surface area contributed by atoms with Gasteiger partial charge in [0.15, 0.2) is 11.6 Å². The average molecular weight is 924 g/mol. The van der Waals surface area contributed by atoms with Crippen LogP contribution in [-0.4, -0.2) is 45.1 Å². The number of methoxy groups -OCH3 is 1. The number of carbonyl (C=O) groups is 1. The van der Waals surface area contributed by atoms with Crippen molar-refractivity contribution < 1.29 is 23.8 Å². The molecule has 0 unspecified atom stereocenters. The quantitative estimate of drug-likeness (QED) is 0.124. The molecule has 0 bridgehead atoms. The highest BCUT2D eigenvalue weighted by molar-refractivity contribution is 7.98. The van der Waals surface area contributed by atoms with Crippen molar-refractivity contribution in [1.82, 2.24) is 0 Å². The number of thioether (sulfide) groups is 1. The summed E-state index contributed by atoms with van der Waals surface area (Å²) in [6.45, 7) is 35.3. The minimum absolute atomic E-state index is 0.0207. The predicted molar refractivity (Wildman–Crippen MR) is 285 cm³/mol. The van der Waals surface area contributed by atoms with Gasteiger partial charge < -0.3 is 19.5 Å². The molecule has 0 aliphatic heterocycles. The van der Waals surface area contributed by atoms with E-state index in [1.165, 1.54) is 51.6 Å². The predicted octanol–water partition coefficient (Wildman–Crippen LogP) is 16.4. The molecule has 5 nitrogen and oxygen atoms in total. The maximum absolute atomic E-state index is 13.3. The van der Waals surface area contributed by atoms with Gasteiger partial charge >= 0.3 is 5.97 Å². The van der Waals surface area contributed by atoms with Crippen molar-refractivity contribution >= 4 is 23.4 Å². The first-order valence-electron chi connectivity index (χ1n) is 23.1. The highest BCUT2D eigenvalue weighted by Crippen LogP contribution is 2.28. The molecule has 0 aromatic heterocycles. The summed E-state index contributed by atoms with van der Waals surface area (Å²) < 4.78 is 23.6. The molecule has 7 heteroatoms. The lowest BCUT2D eigenvalue weighted by atomic mass is 9.87. The SMILES string of the molecule is CC(C)(C)c1ccc(OCCCC(=O)O)cc1.CN(C)c1ccc(C(C)(C)C)cc1.COc1ccc(C(C)(C)C)cc1F.CSc1ccc(C(C)(C)C)cc1.Cc1ccc(C(C)(C)C)cc1. The van der Waals surface area contributed by atoms with Crippen LogP contribution < -0.4 is 14.4 Å². The number of halogens is 1. The molecular formula is C59H86FNO4S. The fourth-order valence-electron chi connectivity index (χ4n) is 6.00. The van der Waals surface area contributed by atoms with Gasteiger partial charge in [0.05, 0.1) is 13.7 Å². The smallest absolute Gasteiger partial charge is 0.303 e. The van der Waals surface area contributed by atoms with Gasteiger partial charge in [0.2, 0.25) is 0 Å². The molecule has 0 heterocycles. The Bertz CT molecular complexity index is 2130. The van der Waals surface area contributed by atoms with E-state index in [0.717, 1.165) is 11.3 Å². The zero-order chi connectivity index (χ0) is 50.7. The molecule has 0 radical (unpaired) electrons. The summed E-state index contributed by atoms with van der Waals surface area (Å²) >= 11 is 1.79. The van der Waals surface area contributed by atoms with Crippen molar-refractivity contribution in [2.24, 2.45) is 0 Å². The number of anilines is 1. The number of rotatable bonds is 8. The van der Waals surface area contributed by atoms with Crippen molar-refractivity contribution in [3.8, 4) is 11.5 Å². The Morgan fingerprint density at radius 3 is 1.27 bits per heavy atom. The number of hydrogen-bond acceptors (Lipinski definition) is 5. The van der Waals surface area contributed by atoms with E-state index in [-0.39, 0.29) is 39.3 Å². The summed E-state index contributed by atoms with van der Waals surface area (Å²) in [5, 5.41) is 8.48. The lowest BCUT2D eigenvalue weighted by Gasteiger charge is -2.20. The zero-order valence-electron chi connectivity index (χ0n) is 44.5. The molecule has 0 spiro atoms. The molecule has 0 atom stereocenters. The second-order valence-electron chi connectivity index (χ2n) is 22.0.